The highest BCUT2D eigenvalue weighted by Crippen LogP contribution is 2.39. The van der Waals surface area contributed by atoms with Crippen molar-refractivity contribution in [1.82, 2.24) is 29.5 Å². The van der Waals surface area contributed by atoms with Gasteiger partial charge in [0, 0.05) is 42.8 Å². The fourth-order valence-corrected chi connectivity index (χ4v) is 5.45. The fraction of sp³-hybridized carbons (Fsp3) is 0.444. The Morgan fingerprint density at radius 3 is 2.66 bits per heavy atom. The average molecular weight is 475 g/mol. The standard InChI is InChI=1S/C27H34N6O2/c1-16(2)26-21-13-20(19-8-10-32(11-9-19)25(34)15-31(5)35)6-7-23(21)29-27(26)22-14-33-24(12-17(22)3)28-18(4)30-33/h6-7,12-14,16,19,29,35H,8-11,15H2,1-5H3. The lowest BCUT2D eigenvalue weighted by atomic mass is 9.87. The molecule has 1 saturated heterocycles. The third-order valence-corrected chi connectivity index (χ3v) is 7.18. The minimum absolute atomic E-state index is 0.0174. The summed E-state index contributed by atoms with van der Waals surface area (Å²) in [4.78, 5) is 22.4. The maximum Gasteiger partial charge on any atom is 0.239 e. The number of aromatic amines is 1. The second-order valence-electron chi connectivity index (χ2n) is 10.2. The fourth-order valence-electron chi connectivity index (χ4n) is 5.45. The smallest absolute Gasteiger partial charge is 0.239 e. The molecule has 4 heterocycles. The molecule has 5 rings (SSSR count). The van der Waals surface area contributed by atoms with Gasteiger partial charge in [-0.25, -0.2) is 9.50 Å². The van der Waals surface area contributed by atoms with Gasteiger partial charge in [0.15, 0.2) is 5.65 Å². The molecule has 1 aliphatic heterocycles. The number of fused-ring (bicyclic) bond motifs is 2. The number of piperidine rings is 1. The van der Waals surface area contributed by atoms with Crippen LogP contribution < -0.4 is 0 Å². The molecule has 1 fully saturated rings. The highest BCUT2D eigenvalue weighted by Gasteiger charge is 2.25. The highest BCUT2D eigenvalue weighted by atomic mass is 16.5. The second-order valence-corrected chi connectivity index (χ2v) is 10.2. The molecular formula is C27H34N6O2. The average Bonchev–Trinajstić information content (AvgIpc) is 3.36. The zero-order valence-corrected chi connectivity index (χ0v) is 21.2. The largest absolute Gasteiger partial charge is 0.354 e. The van der Waals surface area contributed by atoms with Gasteiger partial charge in [-0.2, -0.15) is 10.2 Å². The van der Waals surface area contributed by atoms with E-state index in [0.29, 0.717) is 11.8 Å². The number of aryl methyl sites for hydroxylation is 2. The number of nitrogens with one attached hydrogen (secondary N) is 1. The molecule has 35 heavy (non-hydrogen) atoms. The number of hydrogen-bond donors (Lipinski definition) is 2. The van der Waals surface area contributed by atoms with Gasteiger partial charge in [-0.15, -0.1) is 0 Å². The number of hydroxylamine groups is 2. The molecule has 0 aliphatic carbocycles. The summed E-state index contributed by atoms with van der Waals surface area (Å²) in [5, 5.41) is 16.1. The lowest BCUT2D eigenvalue weighted by molar-refractivity contribution is -0.144. The van der Waals surface area contributed by atoms with Crippen molar-refractivity contribution in [3.8, 4) is 11.3 Å². The highest BCUT2D eigenvalue weighted by molar-refractivity contribution is 5.92. The monoisotopic (exact) mass is 474 g/mol. The Kier molecular flexibility index (Phi) is 6.11. The van der Waals surface area contributed by atoms with Crippen molar-refractivity contribution in [2.24, 2.45) is 0 Å². The van der Waals surface area contributed by atoms with Crippen LogP contribution in [0.25, 0.3) is 27.8 Å². The molecule has 1 amide bonds. The molecule has 0 atom stereocenters. The van der Waals surface area contributed by atoms with Gasteiger partial charge in [-0.3, -0.25) is 4.79 Å². The summed E-state index contributed by atoms with van der Waals surface area (Å²) in [7, 11) is 1.50. The molecule has 184 valence electrons. The van der Waals surface area contributed by atoms with E-state index in [1.807, 2.05) is 16.3 Å². The Morgan fingerprint density at radius 2 is 1.97 bits per heavy atom. The first kappa shape index (κ1) is 23.5. The number of benzene rings is 1. The van der Waals surface area contributed by atoms with Crippen LogP contribution in [-0.4, -0.2) is 67.3 Å². The third kappa shape index (κ3) is 4.44. The number of likely N-dealkylation sites (tertiary alicyclic amines) is 1. The number of rotatable bonds is 5. The molecule has 2 N–H and O–H groups in total. The van der Waals surface area contributed by atoms with Crippen LogP contribution in [0, 0.1) is 13.8 Å². The van der Waals surface area contributed by atoms with Crippen molar-refractivity contribution in [3.63, 3.8) is 0 Å². The zero-order valence-electron chi connectivity index (χ0n) is 21.2. The van der Waals surface area contributed by atoms with E-state index < -0.39 is 0 Å². The zero-order chi connectivity index (χ0) is 24.9. The quantitative estimate of drug-likeness (QED) is 0.411. The van der Waals surface area contributed by atoms with E-state index in [1.54, 1.807) is 0 Å². The van der Waals surface area contributed by atoms with Gasteiger partial charge < -0.3 is 15.1 Å². The van der Waals surface area contributed by atoms with Crippen LogP contribution in [0.5, 0.6) is 0 Å². The molecule has 0 unspecified atom stereocenters. The minimum atomic E-state index is -0.0174. The summed E-state index contributed by atoms with van der Waals surface area (Å²) in [6.45, 7) is 10.0. The van der Waals surface area contributed by atoms with Gasteiger partial charge in [0.25, 0.3) is 0 Å². The van der Waals surface area contributed by atoms with Gasteiger partial charge in [0.2, 0.25) is 5.91 Å². The Labute approximate surface area is 205 Å². The number of amides is 1. The molecule has 8 nitrogen and oxygen atoms in total. The summed E-state index contributed by atoms with van der Waals surface area (Å²) < 4.78 is 1.86. The third-order valence-electron chi connectivity index (χ3n) is 7.18. The van der Waals surface area contributed by atoms with E-state index in [0.717, 1.165) is 59.2 Å². The Balaban J connectivity index is 1.48. The van der Waals surface area contributed by atoms with E-state index in [2.05, 4.69) is 66.3 Å². The Morgan fingerprint density at radius 1 is 1.23 bits per heavy atom. The molecule has 8 heteroatoms. The van der Waals surface area contributed by atoms with Crippen molar-refractivity contribution in [1.29, 1.82) is 0 Å². The van der Waals surface area contributed by atoms with Gasteiger partial charge >= 0.3 is 0 Å². The summed E-state index contributed by atoms with van der Waals surface area (Å²) >= 11 is 0. The second kappa shape index (κ2) is 9.09. The number of carbonyl (C=O) groups is 1. The maximum absolute atomic E-state index is 12.3. The van der Waals surface area contributed by atoms with Crippen molar-refractivity contribution in [3.05, 3.63) is 53.0 Å². The summed E-state index contributed by atoms with van der Waals surface area (Å²) in [6.07, 6.45) is 3.95. The number of nitrogens with zero attached hydrogens (tertiary/aromatic N) is 5. The normalized spacial score (nSPS) is 15.3. The number of aromatic nitrogens is 4. The molecular weight excluding hydrogens is 440 g/mol. The molecule has 4 aromatic rings. The van der Waals surface area contributed by atoms with Crippen molar-refractivity contribution >= 4 is 22.5 Å². The van der Waals surface area contributed by atoms with Gasteiger partial charge in [0.1, 0.15) is 12.4 Å². The van der Waals surface area contributed by atoms with Crippen molar-refractivity contribution < 1.29 is 10.0 Å². The molecule has 1 aromatic carbocycles. The SMILES string of the molecule is Cc1nc2cc(C)c(-c3[nH]c4ccc(C5CCN(C(=O)CN(C)O)CC5)cc4c3C(C)C)cn2n1. The van der Waals surface area contributed by atoms with Gasteiger partial charge in [0.05, 0.1) is 5.69 Å². The molecule has 0 bridgehead atoms. The van der Waals surface area contributed by atoms with Crippen LogP contribution in [0.2, 0.25) is 0 Å². The summed E-state index contributed by atoms with van der Waals surface area (Å²) in [6, 6.07) is 8.88. The number of pyridine rings is 1. The Bertz CT molecular complexity index is 1390. The van der Waals surface area contributed by atoms with E-state index in [4.69, 9.17) is 0 Å². The molecule has 0 spiro atoms. The van der Waals surface area contributed by atoms with E-state index in [-0.39, 0.29) is 12.5 Å². The molecule has 1 aliphatic rings. The number of H-pyrrole nitrogens is 1. The lowest BCUT2D eigenvalue weighted by Gasteiger charge is -2.32. The first-order valence-electron chi connectivity index (χ1n) is 12.4. The van der Waals surface area contributed by atoms with E-state index >= 15 is 0 Å². The predicted octanol–water partition coefficient (Wildman–Crippen LogP) is 4.64. The van der Waals surface area contributed by atoms with Crippen LogP contribution in [0.1, 0.15) is 61.0 Å². The molecule has 3 aromatic heterocycles. The van der Waals surface area contributed by atoms with Crippen LogP contribution in [0.3, 0.4) is 0 Å². The summed E-state index contributed by atoms with van der Waals surface area (Å²) in [5.74, 6) is 1.51. The molecule has 0 radical (unpaired) electrons. The van der Waals surface area contributed by atoms with Crippen LogP contribution in [0.4, 0.5) is 0 Å². The minimum Gasteiger partial charge on any atom is -0.354 e. The summed E-state index contributed by atoms with van der Waals surface area (Å²) in [5.41, 5.74) is 8.11. The Hall–Kier alpha value is -3.23. The van der Waals surface area contributed by atoms with E-state index in [9.17, 15) is 10.0 Å². The lowest BCUT2D eigenvalue weighted by Crippen LogP contribution is -2.42. The first-order chi connectivity index (χ1) is 16.7. The first-order valence-corrected chi connectivity index (χ1v) is 12.4. The van der Waals surface area contributed by atoms with Gasteiger partial charge in [-0.1, -0.05) is 19.9 Å². The molecule has 0 saturated carbocycles. The van der Waals surface area contributed by atoms with Crippen molar-refractivity contribution in [2.75, 3.05) is 26.7 Å². The van der Waals surface area contributed by atoms with Crippen molar-refractivity contribution in [2.45, 2.75) is 52.4 Å². The number of likely N-dealkylation sites (N-methyl/N-ethyl adjacent to an activating group) is 1. The maximum atomic E-state index is 12.3. The number of hydrogen-bond acceptors (Lipinski definition) is 5. The van der Waals surface area contributed by atoms with E-state index in [1.165, 1.54) is 29.1 Å². The van der Waals surface area contributed by atoms with Gasteiger partial charge in [-0.05, 0) is 73.4 Å². The van der Waals surface area contributed by atoms with Crippen LogP contribution in [-0.2, 0) is 4.79 Å². The predicted molar refractivity (Wildman–Crippen MR) is 137 cm³/mol. The topological polar surface area (TPSA) is 89.8 Å². The number of carbonyl (C=O) groups excluding carboxylic acids is 1. The van der Waals surface area contributed by atoms with Crippen LogP contribution >= 0.6 is 0 Å². The van der Waals surface area contributed by atoms with Crippen LogP contribution in [0.15, 0.2) is 30.5 Å².